The smallest absolute Gasteiger partial charge is 0.311 e. The molecule has 1 aliphatic heterocycles. The molecule has 23 heavy (non-hydrogen) atoms. The number of hydrogen-bond donors (Lipinski definition) is 1. The van der Waals surface area contributed by atoms with Gasteiger partial charge in [0.1, 0.15) is 0 Å². The normalized spacial score (nSPS) is 30.6. The maximum Gasteiger partial charge on any atom is 0.311 e. The van der Waals surface area contributed by atoms with Gasteiger partial charge in [0, 0.05) is 13.1 Å². The fraction of sp³-hybridized carbons (Fsp3) is 0.579. The number of carbonyl (C=O) groups excluding carboxylic acids is 1. The van der Waals surface area contributed by atoms with Crippen LogP contribution in [-0.4, -0.2) is 35.0 Å². The number of piperidine rings is 1. The number of hydrogen-bond acceptors (Lipinski definition) is 2. The average Bonchev–Trinajstić information content (AvgIpc) is 2.54. The summed E-state index contributed by atoms with van der Waals surface area (Å²) in [6.07, 6.45) is 4.25. The van der Waals surface area contributed by atoms with Gasteiger partial charge in [-0.1, -0.05) is 24.3 Å². The van der Waals surface area contributed by atoms with Crippen LogP contribution < -0.4 is 0 Å². The van der Waals surface area contributed by atoms with Crippen molar-refractivity contribution in [1.29, 1.82) is 0 Å². The van der Waals surface area contributed by atoms with Crippen LogP contribution in [0, 0.1) is 5.41 Å². The molecule has 2 atom stereocenters. The number of benzene rings is 1. The van der Waals surface area contributed by atoms with Crippen molar-refractivity contribution in [3.63, 3.8) is 0 Å². The molecule has 2 unspecified atom stereocenters. The molecule has 0 aromatic heterocycles. The lowest BCUT2D eigenvalue weighted by atomic mass is 9.69. The Morgan fingerprint density at radius 2 is 1.87 bits per heavy atom. The number of nitrogens with zero attached hydrogens (tertiary/aromatic N) is 1. The summed E-state index contributed by atoms with van der Waals surface area (Å²) in [5.74, 6) is -0.707. The van der Waals surface area contributed by atoms with Crippen LogP contribution in [0.5, 0.6) is 0 Å². The topological polar surface area (TPSA) is 57.6 Å². The highest BCUT2D eigenvalue weighted by Gasteiger charge is 2.46. The van der Waals surface area contributed by atoms with E-state index in [0.29, 0.717) is 19.5 Å². The minimum atomic E-state index is -0.821. The summed E-state index contributed by atoms with van der Waals surface area (Å²) >= 11 is 0. The highest BCUT2D eigenvalue weighted by Crippen LogP contribution is 2.40. The number of rotatable bonds is 2. The van der Waals surface area contributed by atoms with E-state index in [1.54, 1.807) is 11.8 Å². The fourth-order valence-corrected chi connectivity index (χ4v) is 4.20. The predicted molar refractivity (Wildman–Crippen MR) is 88.3 cm³/mol. The molecule has 1 heterocycles. The number of carboxylic acids is 1. The Kier molecular flexibility index (Phi) is 3.95. The molecule has 1 amide bonds. The SMILES string of the molecule is CC1(C(=O)O)CCCN(C(=O)C2(C)CCCc3ccccc32)C1. The lowest BCUT2D eigenvalue weighted by Gasteiger charge is -2.43. The summed E-state index contributed by atoms with van der Waals surface area (Å²) in [6.45, 7) is 4.77. The Labute approximate surface area is 137 Å². The van der Waals surface area contributed by atoms with E-state index in [0.717, 1.165) is 31.2 Å². The second kappa shape index (κ2) is 5.66. The van der Waals surface area contributed by atoms with Gasteiger partial charge < -0.3 is 10.0 Å². The molecule has 2 aliphatic rings. The first-order chi connectivity index (χ1) is 10.9. The fourth-order valence-electron chi connectivity index (χ4n) is 4.20. The van der Waals surface area contributed by atoms with E-state index >= 15 is 0 Å². The minimum Gasteiger partial charge on any atom is -0.481 e. The van der Waals surface area contributed by atoms with Crippen LogP contribution in [0.4, 0.5) is 0 Å². The Morgan fingerprint density at radius 3 is 2.61 bits per heavy atom. The van der Waals surface area contributed by atoms with E-state index in [1.807, 2.05) is 19.1 Å². The van der Waals surface area contributed by atoms with Crippen molar-refractivity contribution in [1.82, 2.24) is 4.90 Å². The Bertz CT molecular complexity index is 641. The molecule has 4 nitrogen and oxygen atoms in total. The molecule has 1 aromatic rings. The Balaban J connectivity index is 1.90. The first kappa shape index (κ1) is 16.0. The average molecular weight is 315 g/mol. The van der Waals surface area contributed by atoms with Crippen molar-refractivity contribution in [3.05, 3.63) is 35.4 Å². The van der Waals surface area contributed by atoms with Crippen molar-refractivity contribution in [3.8, 4) is 0 Å². The van der Waals surface area contributed by atoms with Crippen LogP contribution in [0.2, 0.25) is 0 Å². The zero-order valence-corrected chi connectivity index (χ0v) is 14.0. The van der Waals surface area contributed by atoms with Gasteiger partial charge in [-0.05, 0) is 57.1 Å². The van der Waals surface area contributed by atoms with Gasteiger partial charge in [0.05, 0.1) is 10.8 Å². The zero-order chi connectivity index (χ0) is 16.7. The van der Waals surface area contributed by atoms with Crippen LogP contribution in [0.25, 0.3) is 0 Å². The molecule has 0 spiro atoms. The van der Waals surface area contributed by atoms with E-state index in [-0.39, 0.29) is 5.91 Å². The molecule has 1 fully saturated rings. The van der Waals surface area contributed by atoms with Crippen molar-refractivity contribution < 1.29 is 14.7 Å². The summed E-state index contributed by atoms with van der Waals surface area (Å²) in [5, 5.41) is 9.49. The third kappa shape index (κ3) is 2.64. The number of fused-ring (bicyclic) bond motifs is 1. The molecule has 4 heteroatoms. The van der Waals surface area contributed by atoms with Crippen molar-refractivity contribution >= 4 is 11.9 Å². The summed E-state index contributed by atoms with van der Waals surface area (Å²) in [7, 11) is 0. The van der Waals surface area contributed by atoms with Crippen LogP contribution in [-0.2, 0) is 21.4 Å². The number of aryl methyl sites for hydroxylation is 1. The highest BCUT2D eigenvalue weighted by molar-refractivity contribution is 5.89. The van der Waals surface area contributed by atoms with E-state index in [9.17, 15) is 14.7 Å². The first-order valence-corrected chi connectivity index (χ1v) is 8.48. The quantitative estimate of drug-likeness (QED) is 0.913. The third-order valence-corrected chi connectivity index (χ3v) is 5.71. The molecular weight excluding hydrogens is 290 g/mol. The Morgan fingerprint density at radius 1 is 1.13 bits per heavy atom. The molecule has 1 aromatic carbocycles. The van der Waals surface area contributed by atoms with Gasteiger partial charge in [0.25, 0.3) is 0 Å². The van der Waals surface area contributed by atoms with Gasteiger partial charge in [-0.25, -0.2) is 0 Å². The van der Waals surface area contributed by atoms with Gasteiger partial charge in [-0.15, -0.1) is 0 Å². The molecule has 124 valence electrons. The molecule has 3 rings (SSSR count). The maximum atomic E-state index is 13.3. The molecule has 1 saturated heterocycles. The third-order valence-electron chi connectivity index (χ3n) is 5.71. The summed E-state index contributed by atoms with van der Waals surface area (Å²) in [5.41, 5.74) is 1.04. The number of amides is 1. The van der Waals surface area contributed by atoms with Gasteiger partial charge in [0.2, 0.25) is 5.91 Å². The van der Waals surface area contributed by atoms with E-state index in [4.69, 9.17) is 0 Å². The Hall–Kier alpha value is -1.84. The van der Waals surface area contributed by atoms with E-state index in [2.05, 4.69) is 12.1 Å². The van der Waals surface area contributed by atoms with Gasteiger partial charge in [-0.3, -0.25) is 9.59 Å². The number of likely N-dealkylation sites (tertiary alicyclic amines) is 1. The minimum absolute atomic E-state index is 0.0943. The largest absolute Gasteiger partial charge is 0.481 e. The molecule has 0 bridgehead atoms. The van der Waals surface area contributed by atoms with Crippen LogP contribution >= 0.6 is 0 Å². The van der Waals surface area contributed by atoms with Crippen LogP contribution in [0.15, 0.2) is 24.3 Å². The predicted octanol–water partition coefficient (Wildman–Crippen LogP) is 2.99. The maximum absolute atomic E-state index is 13.3. The first-order valence-electron chi connectivity index (χ1n) is 8.48. The van der Waals surface area contributed by atoms with Crippen LogP contribution in [0.3, 0.4) is 0 Å². The van der Waals surface area contributed by atoms with Gasteiger partial charge in [-0.2, -0.15) is 0 Å². The van der Waals surface area contributed by atoms with E-state index in [1.165, 1.54) is 5.56 Å². The lowest BCUT2D eigenvalue weighted by Crippen LogP contribution is -2.54. The molecule has 1 N–H and O–H groups in total. The molecule has 1 aliphatic carbocycles. The molecule has 0 saturated carbocycles. The zero-order valence-electron chi connectivity index (χ0n) is 14.0. The second-order valence-electron chi connectivity index (χ2n) is 7.54. The van der Waals surface area contributed by atoms with E-state index < -0.39 is 16.8 Å². The number of aliphatic carboxylic acids is 1. The van der Waals surface area contributed by atoms with Crippen molar-refractivity contribution in [2.24, 2.45) is 5.41 Å². The standard InChI is InChI=1S/C19H25NO3/c1-18(17(22)23)10-6-12-20(13-18)16(21)19(2)11-5-8-14-7-3-4-9-15(14)19/h3-4,7,9H,5-6,8,10-13H2,1-2H3,(H,22,23). The van der Waals surface area contributed by atoms with Crippen LogP contribution in [0.1, 0.15) is 50.7 Å². The van der Waals surface area contributed by atoms with Crippen molar-refractivity contribution in [2.75, 3.05) is 13.1 Å². The summed E-state index contributed by atoms with van der Waals surface area (Å²) < 4.78 is 0. The highest BCUT2D eigenvalue weighted by atomic mass is 16.4. The van der Waals surface area contributed by atoms with Gasteiger partial charge >= 0.3 is 5.97 Å². The number of carbonyl (C=O) groups is 2. The van der Waals surface area contributed by atoms with Crippen molar-refractivity contribution in [2.45, 2.75) is 51.4 Å². The lowest BCUT2D eigenvalue weighted by molar-refractivity contribution is -0.155. The summed E-state index contributed by atoms with van der Waals surface area (Å²) in [6, 6.07) is 8.19. The number of carboxylic acid groups (broad SMARTS) is 1. The summed E-state index contributed by atoms with van der Waals surface area (Å²) in [4.78, 5) is 26.6. The molecular formula is C19H25NO3. The van der Waals surface area contributed by atoms with Gasteiger partial charge in [0.15, 0.2) is 0 Å². The second-order valence-corrected chi connectivity index (χ2v) is 7.54. The monoisotopic (exact) mass is 315 g/mol. The molecule has 0 radical (unpaired) electrons.